The normalized spacial score (nSPS) is 15.1. The largest absolute Gasteiger partial charge is 0.328 e. The Bertz CT molecular complexity index is 328. The van der Waals surface area contributed by atoms with E-state index in [1.807, 2.05) is 13.0 Å². The lowest BCUT2D eigenvalue weighted by Gasteiger charge is -2.05. The fraction of sp³-hybridized carbons (Fsp3) is 0.400. The van der Waals surface area contributed by atoms with E-state index in [2.05, 4.69) is 0 Å². The Kier molecular flexibility index (Phi) is 4.58. The third kappa shape index (κ3) is 3.78. The molecule has 0 saturated carbocycles. The van der Waals surface area contributed by atoms with E-state index >= 15 is 0 Å². The summed E-state index contributed by atoms with van der Waals surface area (Å²) in [6.07, 6.45) is 0.763. The second kappa shape index (κ2) is 5.49. The van der Waals surface area contributed by atoms with E-state index < -0.39 is 10.8 Å². The van der Waals surface area contributed by atoms with Gasteiger partial charge in [0.25, 0.3) is 0 Å². The summed E-state index contributed by atoms with van der Waals surface area (Å²) in [5.74, 6) is 0.595. The molecule has 0 bridgehead atoms. The van der Waals surface area contributed by atoms with Crippen LogP contribution in [0, 0.1) is 0 Å². The number of hydrogen-bond donors (Lipinski definition) is 1. The van der Waals surface area contributed by atoms with Crippen LogP contribution in [0.3, 0.4) is 0 Å². The molecule has 0 heterocycles. The molecule has 78 valence electrons. The maximum Gasteiger partial charge on any atom is 0.0530 e. The molecule has 2 atom stereocenters. The minimum Gasteiger partial charge on any atom is -0.328 e. The van der Waals surface area contributed by atoms with Crippen LogP contribution in [0.15, 0.2) is 29.2 Å². The molecule has 0 amide bonds. The highest BCUT2D eigenvalue weighted by atomic mass is 35.5. The van der Waals surface area contributed by atoms with Crippen LogP contribution in [-0.4, -0.2) is 16.0 Å². The van der Waals surface area contributed by atoms with Crippen molar-refractivity contribution in [1.29, 1.82) is 0 Å². The molecule has 4 heteroatoms. The molecule has 14 heavy (non-hydrogen) atoms. The molecule has 0 aromatic heterocycles. The van der Waals surface area contributed by atoms with Crippen LogP contribution in [0.5, 0.6) is 0 Å². The van der Waals surface area contributed by atoms with Gasteiger partial charge in [0.05, 0.1) is 10.8 Å². The van der Waals surface area contributed by atoms with Crippen LogP contribution in [0.4, 0.5) is 0 Å². The Morgan fingerprint density at radius 1 is 1.57 bits per heavy atom. The number of benzene rings is 1. The van der Waals surface area contributed by atoms with E-state index in [4.69, 9.17) is 17.3 Å². The molecule has 1 aromatic rings. The first-order valence-electron chi connectivity index (χ1n) is 4.49. The van der Waals surface area contributed by atoms with Crippen LogP contribution >= 0.6 is 11.6 Å². The third-order valence-electron chi connectivity index (χ3n) is 1.82. The Labute approximate surface area is 91.9 Å². The highest BCUT2D eigenvalue weighted by molar-refractivity contribution is 7.85. The zero-order chi connectivity index (χ0) is 10.6. The van der Waals surface area contributed by atoms with E-state index in [1.165, 1.54) is 0 Å². The maximum atomic E-state index is 11.7. The number of nitrogens with two attached hydrogens (primary N) is 1. The Hall–Kier alpha value is -0.380. The molecule has 0 radical (unpaired) electrons. The SMILES string of the molecule is CC(N)CCS(=O)c1cccc(Cl)c1. The predicted octanol–water partition coefficient (Wildman–Crippen LogP) is 2.18. The Morgan fingerprint density at radius 2 is 2.29 bits per heavy atom. The molecule has 2 N–H and O–H groups in total. The van der Waals surface area contributed by atoms with Gasteiger partial charge < -0.3 is 5.73 Å². The van der Waals surface area contributed by atoms with Crippen LogP contribution in [0.1, 0.15) is 13.3 Å². The van der Waals surface area contributed by atoms with Gasteiger partial charge in [-0.25, -0.2) is 0 Å². The first-order valence-corrected chi connectivity index (χ1v) is 6.19. The number of rotatable bonds is 4. The van der Waals surface area contributed by atoms with E-state index in [0.29, 0.717) is 10.8 Å². The fourth-order valence-electron chi connectivity index (χ4n) is 1.02. The second-order valence-electron chi connectivity index (χ2n) is 3.27. The monoisotopic (exact) mass is 231 g/mol. The second-order valence-corrected chi connectivity index (χ2v) is 5.28. The van der Waals surface area contributed by atoms with E-state index in [-0.39, 0.29) is 6.04 Å². The van der Waals surface area contributed by atoms with Crippen molar-refractivity contribution in [1.82, 2.24) is 0 Å². The summed E-state index contributed by atoms with van der Waals surface area (Å²) in [6.45, 7) is 1.91. The highest BCUT2D eigenvalue weighted by Crippen LogP contribution is 2.14. The first kappa shape index (κ1) is 11.7. The molecule has 2 unspecified atom stereocenters. The standard InChI is InChI=1S/C10H14ClNOS/c1-8(12)5-6-14(13)10-4-2-3-9(11)7-10/h2-4,7-8H,5-6,12H2,1H3. The van der Waals surface area contributed by atoms with E-state index in [0.717, 1.165) is 11.3 Å². The summed E-state index contributed by atoms with van der Waals surface area (Å²) >= 11 is 5.79. The van der Waals surface area contributed by atoms with E-state index in [9.17, 15) is 4.21 Å². The quantitative estimate of drug-likeness (QED) is 0.863. The molecule has 0 spiro atoms. The molecule has 2 nitrogen and oxygen atoms in total. The molecule has 0 aliphatic carbocycles. The van der Waals surface area contributed by atoms with Crippen LogP contribution in [0.25, 0.3) is 0 Å². The number of hydrogen-bond acceptors (Lipinski definition) is 2. The van der Waals surface area contributed by atoms with Crippen molar-refractivity contribution in [3.8, 4) is 0 Å². The molecule has 1 aromatic carbocycles. The fourth-order valence-corrected chi connectivity index (χ4v) is 2.58. The zero-order valence-corrected chi connectivity index (χ0v) is 9.65. The van der Waals surface area contributed by atoms with Crippen molar-refractivity contribution in [2.24, 2.45) is 5.73 Å². The Morgan fingerprint density at radius 3 is 2.86 bits per heavy atom. The van der Waals surface area contributed by atoms with Gasteiger partial charge in [0, 0.05) is 21.7 Å². The van der Waals surface area contributed by atoms with Crippen molar-refractivity contribution in [2.45, 2.75) is 24.3 Å². The molecule has 0 fully saturated rings. The molecule has 0 saturated heterocycles. The molecule has 0 aliphatic heterocycles. The summed E-state index contributed by atoms with van der Waals surface area (Å²) in [6, 6.07) is 7.23. The average Bonchev–Trinajstić information content (AvgIpc) is 2.14. The predicted molar refractivity (Wildman–Crippen MR) is 61.0 cm³/mol. The van der Waals surface area contributed by atoms with Gasteiger partial charge in [0.15, 0.2) is 0 Å². The zero-order valence-electron chi connectivity index (χ0n) is 8.07. The lowest BCUT2D eigenvalue weighted by atomic mass is 10.3. The molecular formula is C10H14ClNOS. The van der Waals surface area contributed by atoms with Crippen LogP contribution in [0.2, 0.25) is 5.02 Å². The maximum absolute atomic E-state index is 11.7. The van der Waals surface area contributed by atoms with Gasteiger partial charge >= 0.3 is 0 Å². The van der Waals surface area contributed by atoms with Gasteiger partial charge in [-0.15, -0.1) is 0 Å². The number of halogens is 1. The van der Waals surface area contributed by atoms with Gasteiger partial charge in [0.2, 0.25) is 0 Å². The van der Waals surface area contributed by atoms with Gasteiger partial charge in [-0.2, -0.15) is 0 Å². The summed E-state index contributed by atoms with van der Waals surface area (Å²) in [7, 11) is -0.979. The lowest BCUT2D eigenvalue weighted by Crippen LogP contribution is -2.17. The summed E-state index contributed by atoms with van der Waals surface area (Å²) in [5, 5.41) is 0.622. The van der Waals surface area contributed by atoms with Gasteiger partial charge in [-0.1, -0.05) is 17.7 Å². The van der Waals surface area contributed by atoms with Gasteiger partial charge in [-0.05, 0) is 31.5 Å². The molecule has 0 aliphatic rings. The Balaban J connectivity index is 2.61. The van der Waals surface area contributed by atoms with Crippen molar-refractivity contribution in [3.05, 3.63) is 29.3 Å². The lowest BCUT2D eigenvalue weighted by molar-refractivity contribution is 0.668. The minimum atomic E-state index is -0.979. The van der Waals surface area contributed by atoms with Gasteiger partial charge in [0.1, 0.15) is 0 Å². The van der Waals surface area contributed by atoms with Crippen LogP contribution < -0.4 is 5.73 Å². The summed E-state index contributed by atoms with van der Waals surface area (Å²) in [5.41, 5.74) is 5.59. The summed E-state index contributed by atoms with van der Waals surface area (Å²) < 4.78 is 11.7. The van der Waals surface area contributed by atoms with E-state index in [1.54, 1.807) is 18.2 Å². The van der Waals surface area contributed by atoms with Crippen LogP contribution in [-0.2, 0) is 10.8 Å². The van der Waals surface area contributed by atoms with Gasteiger partial charge in [-0.3, -0.25) is 4.21 Å². The minimum absolute atomic E-state index is 0.0955. The first-order chi connectivity index (χ1) is 6.59. The molecule has 1 rings (SSSR count). The van der Waals surface area contributed by atoms with Crippen molar-refractivity contribution in [2.75, 3.05) is 5.75 Å². The summed E-state index contributed by atoms with van der Waals surface area (Å²) in [4.78, 5) is 0.776. The smallest absolute Gasteiger partial charge is 0.0530 e. The molecular weight excluding hydrogens is 218 g/mol. The van der Waals surface area contributed by atoms with Crippen molar-refractivity contribution in [3.63, 3.8) is 0 Å². The average molecular weight is 232 g/mol. The topological polar surface area (TPSA) is 43.1 Å². The van der Waals surface area contributed by atoms with Crippen molar-refractivity contribution < 1.29 is 4.21 Å². The third-order valence-corrected chi connectivity index (χ3v) is 3.44. The van der Waals surface area contributed by atoms with Crippen molar-refractivity contribution >= 4 is 22.4 Å². The highest BCUT2D eigenvalue weighted by Gasteiger charge is 2.05.